The van der Waals surface area contributed by atoms with Crippen LogP contribution in [0.4, 0.5) is 10.1 Å². The van der Waals surface area contributed by atoms with Crippen molar-refractivity contribution in [1.29, 1.82) is 0 Å². The van der Waals surface area contributed by atoms with E-state index in [0.717, 1.165) is 0 Å². The van der Waals surface area contributed by atoms with Crippen LogP contribution in [0.25, 0.3) is 0 Å². The number of thiocarbonyl (C=S) groups is 1. The van der Waals surface area contributed by atoms with E-state index in [1.165, 1.54) is 24.3 Å². The molecule has 0 heterocycles. The SMILES string of the molecule is CC(CN(C)CC(=O)Nc1ccc(F)cc1)C(N)=S. The summed E-state index contributed by atoms with van der Waals surface area (Å²) >= 11 is 4.88. The van der Waals surface area contributed by atoms with Crippen LogP contribution in [-0.4, -0.2) is 35.9 Å². The number of carbonyl (C=O) groups excluding carboxylic acids is 1. The van der Waals surface area contributed by atoms with Crippen molar-refractivity contribution < 1.29 is 9.18 Å². The van der Waals surface area contributed by atoms with Gasteiger partial charge in [-0.15, -0.1) is 0 Å². The number of likely N-dealkylation sites (N-methyl/N-ethyl adjacent to an activating group) is 1. The lowest BCUT2D eigenvalue weighted by Crippen LogP contribution is -2.36. The van der Waals surface area contributed by atoms with Crippen molar-refractivity contribution in [3.63, 3.8) is 0 Å². The first kappa shape index (κ1) is 15.5. The third-order valence-corrected chi connectivity index (χ3v) is 3.02. The molecule has 0 saturated carbocycles. The van der Waals surface area contributed by atoms with E-state index in [-0.39, 0.29) is 24.2 Å². The van der Waals surface area contributed by atoms with Crippen molar-refractivity contribution in [2.75, 3.05) is 25.5 Å². The molecule has 0 bridgehead atoms. The zero-order valence-corrected chi connectivity index (χ0v) is 11.8. The van der Waals surface area contributed by atoms with Crippen LogP contribution in [0.5, 0.6) is 0 Å². The largest absolute Gasteiger partial charge is 0.393 e. The van der Waals surface area contributed by atoms with Crippen LogP contribution >= 0.6 is 12.2 Å². The quantitative estimate of drug-likeness (QED) is 0.779. The predicted molar refractivity (Wildman–Crippen MR) is 78.5 cm³/mol. The summed E-state index contributed by atoms with van der Waals surface area (Å²) in [6, 6.07) is 5.64. The Hall–Kier alpha value is -1.53. The van der Waals surface area contributed by atoms with Gasteiger partial charge in [0.15, 0.2) is 0 Å². The minimum absolute atomic E-state index is 0.0543. The monoisotopic (exact) mass is 283 g/mol. The van der Waals surface area contributed by atoms with E-state index in [1.54, 1.807) is 0 Å². The van der Waals surface area contributed by atoms with Crippen molar-refractivity contribution in [1.82, 2.24) is 4.90 Å². The van der Waals surface area contributed by atoms with Gasteiger partial charge in [-0.25, -0.2) is 4.39 Å². The molecule has 0 radical (unpaired) electrons. The molecule has 104 valence electrons. The highest BCUT2D eigenvalue weighted by Gasteiger charge is 2.12. The van der Waals surface area contributed by atoms with Crippen molar-refractivity contribution in [3.8, 4) is 0 Å². The van der Waals surface area contributed by atoms with E-state index in [4.69, 9.17) is 18.0 Å². The van der Waals surface area contributed by atoms with Crippen LogP contribution in [0.15, 0.2) is 24.3 Å². The van der Waals surface area contributed by atoms with Gasteiger partial charge in [-0.3, -0.25) is 9.69 Å². The molecule has 0 aliphatic rings. The van der Waals surface area contributed by atoms with E-state index >= 15 is 0 Å². The summed E-state index contributed by atoms with van der Waals surface area (Å²) < 4.78 is 12.7. The molecule has 1 unspecified atom stereocenters. The molecule has 1 rings (SSSR count). The molecule has 0 aliphatic carbocycles. The highest BCUT2D eigenvalue weighted by molar-refractivity contribution is 7.80. The van der Waals surface area contributed by atoms with Crippen LogP contribution in [0.2, 0.25) is 0 Å². The van der Waals surface area contributed by atoms with Crippen molar-refractivity contribution in [2.24, 2.45) is 11.7 Å². The fourth-order valence-electron chi connectivity index (χ4n) is 1.60. The second kappa shape index (κ2) is 7.16. The van der Waals surface area contributed by atoms with Gasteiger partial charge < -0.3 is 11.1 Å². The summed E-state index contributed by atoms with van der Waals surface area (Å²) in [5, 5.41) is 2.69. The number of carbonyl (C=O) groups is 1. The van der Waals surface area contributed by atoms with Gasteiger partial charge in [0.2, 0.25) is 5.91 Å². The first-order valence-corrected chi connectivity index (χ1v) is 6.32. The lowest BCUT2D eigenvalue weighted by Gasteiger charge is -2.20. The second-order valence-electron chi connectivity index (χ2n) is 4.56. The number of nitrogens with one attached hydrogen (secondary N) is 1. The molecular formula is C13H18FN3OS. The zero-order valence-electron chi connectivity index (χ0n) is 11.0. The lowest BCUT2D eigenvalue weighted by atomic mass is 10.2. The normalized spacial score (nSPS) is 12.2. The lowest BCUT2D eigenvalue weighted by molar-refractivity contribution is -0.117. The molecule has 4 nitrogen and oxygen atoms in total. The minimum Gasteiger partial charge on any atom is -0.393 e. The molecule has 3 N–H and O–H groups in total. The molecule has 1 amide bonds. The van der Waals surface area contributed by atoms with Crippen LogP contribution in [0.1, 0.15) is 6.92 Å². The maximum atomic E-state index is 12.7. The van der Waals surface area contributed by atoms with Gasteiger partial charge in [-0.1, -0.05) is 19.1 Å². The van der Waals surface area contributed by atoms with Crippen LogP contribution < -0.4 is 11.1 Å². The second-order valence-corrected chi connectivity index (χ2v) is 5.03. The molecular weight excluding hydrogens is 265 g/mol. The summed E-state index contributed by atoms with van der Waals surface area (Å²) in [7, 11) is 1.82. The Balaban J connectivity index is 2.42. The van der Waals surface area contributed by atoms with Crippen molar-refractivity contribution in [3.05, 3.63) is 30.1 Å². The number of benzene rings is 1. The minimum atomic E-state index is -0.333. The summed E-state index contributed by atoms with van der Waals surface area (Å²) in [5.41, 5.74) is 6.09. The fraction of sp³-hybridized carbons (Fsp3) is 0.385. The predicted octanol–water partition coefficient (Wildman–Crippen LogP) is 1.62. The Labute approximate surface area is 117 Å². The van der Waals surface area contributed by atoms with E-state index in [0.29, 0.717) is 17.2 Å². The number of hydrogen-bond acceptors (Lipinski definition) is 3. The molecule has 1 atom stereocenters. The third-order valence-electron chi connectivity index (χ3n) is 2.61. The molecule has 1 aromatic carbocycles. The highest BCUT2D eigenvalue weighted by atomic mass is 32.1. The number of rotatable bonds is 6. The van der Waals surface area contributed by atoms with Gasteiger partial charge in [-0.05, 0) is 31.3 Å². The van der Waals surface area contributed by atoms with E-state index < -0.39 is 0 Å². The highest BCUT2D eigenvalue weighted by Crippen LogP contribution is 2.08. The number of nitrogens with two attached hydrogens (primary N) is 1. The smallest absolute Gasteiger partial charge is 0.238 e. The Morgan fingerprint density at radius 3 is 2.58 bits per heavy atom. The van der Waals surface area contributed by atoms with Gasteiger partial charge >= 0.3 is 0 Å². The molecule has 0 fully saturated rings. The summed E-state index contributed by atoms with van der Waals surface area (Å²) in [6.07, 6.45) is 0. The molecule has 1 aromatic rings. The summed E-state index contributed by atoms with van der Waals surface area (Å²) in [5.74, 6) is -0.441. The first-order valence-electron chi connectivity index (χ1n) is 5.91. The average molecular weight is 283 g/mol. The summed E-state index contributed by atoms with van der Waals surface area (Å²) in [6.45, 7) is 2.76. The maximum absolute atomic E-state index is 12.7. The van der Waals surface area contributed by atoms with Gasteiger partial charge in [0, 0.05) is 18.2 Å². The maximum Gasteiger partial charge on any atom is 0.238 e. The van der Waals surface area contributed by atoms with Gasteiger partial charge in [0.05, 0.1) is 11.5 Å². The Morgan fingerprint density at radius 1 is 1.47 bits per heavy atom. The van der Waals surface area contributed by atoms with Crippen molar-refractivity contribution >= 4 is 28.8 Å². The number of halogens is 1. The number of nitrogens with zero attached hydrogens (tertiary/aromatic N) is 1. The van der Waals surface area contributed by atoms with Gasteiger partial charge in [0.1, 0.15) is 5.82 Å². The van der Waals surface area contributed by atoms with Crippen molar-refractivity contribution in [2.45, 2.75) is 6.92 Å². The summed E-state index contributed by atoms with van der Waals surface area (Å²) in [4.78, 5) is 14.0. The first-order chi connectivity index (χ1) is 8.88. The van der Waals surface area contributed by atoms with Crippen LogP contribution in [-0.2, 0) is 4.79 Å². The Morgan fingerprint density at radius 2 is 2.05 bits per heavy atom. The van der Waals surface area contributed by atoms with Gasteiger partial charge in [-0.2, -0.15) is 0 Å². The number of amides is 1. The molecule has 0 aliphatic heterocycles. The van der Waals surface area contributed by atoms with E-state index in [2.05, 4.69) is 5.32 Å². The molecule has 19 heavy (non-hydrogen) atoms. The average Bonchev–Trinajstić information content (AvgIpc) is 2.31. The van der Waals surface area contributed by atoms with Gasteiger partial charge in [0.25, 0.3) is 0 Å². The number of anilines is 1. The molecule has 0 aromatic heterocycles. The standard InChI is InChI=1S/C13H18FN3OS/c1-9(13(15)19)7-17(2)8-12(18)16-11-5-3-10(14)4-6-11/h3-6,9H,7-8H2,1-2H3,(H2,15,19)(H,16,18). The zero-order chi connectivity index (χ0) is 14.4. The molecule has 0 saturated heterocycles. The van der Waals surface area contributed by atoms with Crippen LogP contribution in [0.3, 0.4) is 0 Å². The van der Waals surface area contributed by atoms with E-state index in [9.17, 15) is 9.18 Å². The third kappa shape index (κ3) is 5.76. The van der Waals surface area contributed by atoms with E-state index in [1.807, 2.05) is 18.9 Å². The van der Waals surface area contributed by atoms with Crippen LogP contribution in [0, 0.1) is 11.7 Å². The number of hydrogen-bond donors (Lipinski definition) is 2. The Kier molecular flexibility index (Phi) is 5.85. The molecule has 6 heteroatoms. The Bertz CT molecular complexity index is 450. The topological polar surface area (TPSA) is 58.4 Å². The fourth-order valence-corrected chi connectivity index (χ4v) is 1.68. The molecule has 0 spiro atoms.